The fourth-order valence-corrected chi connectivity index (χ4v) is 1.24. The minimum atomic E-state index is -0.155. The van der Waals surface area contributed by atoms with E-state index < -0.39 is 0 Å². The van der Waals surface area contributed by atoms with E-state index in [0.717, 1.165) is 16.7 Å². The average molecular weight is 181 g/mol. The molecule has 0 bridgehead atoms. The number of aldehydes is 1. The van der Waals surface area contributed by atoms with Gasteiger partial charge in [0.1, 0.15) is 6.29 Å². The van der Waals surface area contributed by atoms with E-state index in [0.29, 0.717) is 5.69 Å². The molecule has 2 N–H and O–H groups in total. The predicted octanol–water partition coefficient (Wildman–Crippen LogP) is 1.86. The van der Waals surface area contributed by atoms with E-state index in [1.165, 1.54) is 0 Å². The lowest BCUT2D eigenvalue weighted by molar-refractivity contribution is -0.108. The van der Waals surface area contributed by atoms with E-state index >= 15 is 0 Å². The van der Waals surface area contributed by atoms with Gasteiger partial charge in [-0.15, -0.1) is 12.6 Å². The first-order valence-electron chi connectivity index (χ1n) is 3.69. The highest BCUT2D eigenvalue weighted by Crippen LogP contribution is 2.23. The zero-order valence-corrected chi connectivity index (χ0v) is 7.71. The molecular formula is C9H11NOS. The minimum absolute atomic E-state index is 0.155. The van der Waals surface area contributed by atoms with Gasteiger partial charge in [0.05, 0.1) is 0 Å². The number of rotatable bonds is 2. The van der Waals surface area contributed by atoms with E-state index in [9.17, 15) is 4.79 Å². The lowest BCUT2D eigenvalue weighted by Gasteiger charge is -2.08. The average Bonchev–Trinajstić information content (AvgIpc) is 2.08. The Hall–Kier alpha value is -0.960. The number of carbonyl (C=O) groups excluding carboxylic acids is 1. The third-order valence-corrected chi connectivity index (χ3v) is 2.04. The van der Waals surface area contributed by atoms with Crippen LogP contribution in [0.25, 0.3) is 0 Å². The number of hydrogen-bond acceptors (Lipinski definition) is 3. The summed E-state index contributed by atoms with van der Waals surface area (Å²) in [6, 6.07) is 5.38. The van der Waals surface area contributed by atoms with Crippen molar-refractivity contribution >= 4 is 24.6 Å². The Morgan fingerprint density at radius 2 is 2.25 bits per heavy atom. The van der Waals surface area contributed by atoms with Gasteiger partial charge in [-0.25, -0.2) is 0 Å². The summed E-state index contributed by atoms with van der Waals surface area (Å²) < 4.78 is 0. The van der Waals surface area contributed by atoms with Gasteiger partial charge in [-0.2, -0.15) is 0 Å². The smallest absolute Gasteiger partial charge is 0.127 e. The number of hydrogen-bond donors (Lipinski definition) is 2. The van der Waals surface area contributed by atoms with E-state index in [-0.39, 0.29) is 5.92 Å². The van der Waals surface area contributed by atoms with Gasteiger partial charge in [0.2, 0.25) is 0 Å². The molecule has 0 spiro atoms. The highest BCUT2D eigenvalue weighted by atomic mass is 32.1. The highest BCUT2D eigenvalue weighted by Gasteiger charge is 2.07. The molecule has 0 aromatic heterocycles. The largest absolute Gasteiger partial charge is 0.398 e. The number of thiol groups is 1. The second kappa shape index (κ2) is 3.63. The Morgan fingerprint density at radius 3 is 2.83 bits per heavy atom. The molecule has 1 atom stereocenters. The summed E-state index contributed by atoms with van der Waals surface area (Å²) in [5, 5.41) is 0. The maximum absolute atomic E-state index is 10.5. The Balaban J connectivity index is 3.12. The molecule has 0 aliphatic rings. The van der Waals surface area contributed by atoms with Crippen molar-refractivity contribution < 1.29 is 4.79 Å². The van der Waals surface area contributed by atoms with Crippen LogP contribution in [0.5, 0.6) is 0 Å². The quantitative estimate of drug-likeness (QED) is 0.415. The van der Waals surface area contributed by atoms with E-state index in [4.69, 9.17) is 5.73 Å². The number of carbonyl (C=O) groups is 1. The van der Waals surface area contributed by atoms with E-state index in [2.05, 4.69) is 12.6 Å². The van der Waals surface area contributed by atoms with Gasteiger partial charge >= 0.3 is 0 Å². The van der Waals surface area contributed by atoms with Crippen LogP contribution in [-0.4, -0.2) is 6.29 Å². The van der Waals surface area contributed by atoms with Gasteiger partial charge in [-0.05, 0) is 23.8 Å². The molecule has 64 valence electrons. The van der Waals surface area contributed by atoms with Crippen LogP contribution in [0.3, 0.4) is 0 Å². The molecule has 0 radical (unpaired) electrons. The second-order valence-corrected chi connectivity index (χ2v) is 3.25. The van der Waals surface area contributed by atoms with Gasteiger partial charge in [0.25, 0.3) is 0 Å². The maximum atomic E-state index is 10.5. The topological polar surface area (TPSA) is 43.1 Å². The normalized spacial score (nSPS) is 12.5. The molecule has 0 aliphatic carbocycles. The second-order valence-electron chi connectivity index (χ2n) is 2.74. The molecule has 0 saturated heterocycles. The van der Waals surface area contributed by atoms with Crippen LogP contribution >= 0.6 is 12.6 Å². The maximum Gasteiger partial charge on any atom is 0.127 e. The van der Waals surface area contributed by atoms with Gasteiger partial charge < -0.3 is 10.5 Å². The third kappa shape index (κ3) is 1.80. The number of nitrogen functional groups attached to an aromatic ring is 1. The molecule has 1 aromatic carbocycles. The standard InChI is InChI=1S/C9H11NOS/c1-6(5-11)8-4-7(12)2-3-9(8)10/h2-6,12H,10H2,1H3. The van der Waals surface area contributed by atoms with Crippen LogP contribution in [0.1, 0.15) is 18.4 Å². The van der Waals surface area contributed by atoms with Crippen LogP contribution in [0.2, 0.25) is 0 Å². The van der Waals surface area contributed by atoms with Crippen molar-refractivity contribution in [3.05, 3.63) is 23.8 Å². The van der Waals surface area contributed by atoms with Crippen molar-refractivity contribution in [1.82, 2.24) is 0 Å². The molecule has 0 fully saturated rings. The summed E-state index contributed by atoms with van der Waals surface area (Å²) in [4.78, 5) is 11.3. The van der Waals surface area contributed by atoms with E-state index in [1.807, 2.05) is 13.0 Å². The number of nitrogens with two attached hydrogens (primary N) is 1. The van der Waals surface area contributed by atoms with Crippen molar-refractivity contribution in [2.75, 3.05) is 5.73 Å². The van der Waals surface area contributed by atoms with Crippen molar-refractivity contribution in [3.63, 3.8) is 0 Å². The molecule has 1 aromatic rings. The Labute approximate surface area is 77.2 Å². The van der Waals surface area contributed by atoms with Gasteiger partial charge in [0.15, 0.2) is 0 Å². The summed E-state index contributed by atoms with van der Waals surface area (Å²) in [5.41, 5.74) is 7.16. The minimum Gasteiger partial charge on any atom is -0.398 e. The Kier molecular flexibility index (Phi) is 2.76. The van der Waals surface area contributed by atoms with Gasteiger partial charge in [-0.1, -0.05) is 6.92 Å². The summed E-state index contributed by atoms with van der Waals surface area (Å²) in [5.74, 6) is -0.155. The summed E-state index contributed by atoms with van der Waals surface area (Å²) >= 11 is 4.16. The van der Waals surface area contributed by atoms with Gasteiger partial charge in [-0.3, -0.25) is 0 Å². The van der Waals surface area contributed by atoms with Crippen molar-refractivity contribution in [2.45, 2.75) is 17.7 Å². The van der Waals surface area contributed by atoms with E-state index in [1.54, 1.807) is 12.1 Å². The highest BCUT2D eigenvalue weighted by molar-refractivity contribution is 7.80. The molecule has 1 rings (SSSR count). The lowest BCUT2D eigenvalue weighted by Crippen LogP contribution is -2.00. The molecule has 12 heavy (non-hydrogen) atoms. The summed E-state index contributed by atoms with van der Waals surface area (Å²) in [7, 11) is 0. The fraction of sp³-hybridized carbons (Fsp3) is 0.222. The Bertz CT molecular complexity index is 299. The zero-order valence-electron chi connectivity index (χ0n) is 6.82. The number of benzene rings is 1. The van der Waals surface area contributed by atoms with Crippen LogP contribution in [0.4, 0.5) is 5.69 Å². The third-order valence-electron chi connectivity index (χ3n) is 1.77. The van der Waals surface area contributed by atoms with Crippen LogP contribution in [0, 0.1) is 0 Å². The summed E-state index contributed by atoms with van der Waals surface area (Å²) in [6.07, 6.45) is 0.874. The van der Waals surface area contributed by atoms with Gasteiger partial charge in [0, 0.05) is 16.5 Å². The molecule has 0 heterocycles. The monoisotopic (exact) mass is 181 g/mol. The van der Waals surface area contributed by atoms with Crippen molar-refractivity contribution in [1.29, 1.82) is 0 Å². The van der Waals surface area contributed by atoms with Crippen LogP contribution in [0.15, 0.2) is 23.1 Å². The SMILES string of the molecule is CC(C=O)c1cc(S)ccc1N. The van der Waals surface area contributed by atoms with Crippen LogP contribution in [-0.2, 0) is 4.79 Å². The molecule has 0 saturated carbocycles. The first kappa shape index (κ1) is 9.13. The Morgan fingerprint density at radius 1 is 1.58 bits per heavy atom. The predicted molar refractivity (Wildman–Crippen MR) is 52.6 cm³/mol. The molecule has 0 amide bonds. The van der Waals surface area contributed by atoms with Crippen LogP contribution < -0.4 is 5.73 Å². The molecule has 2 nitrogen and oxygen atoms in total. The fourth-order valence-electron chi connectivity index (χ4n) is 1.03. The first-order valence-corrected chi connectivity index (χ1v) is 4.13. The molecular weight excluding hydrogens is 170 g/mol. The molecule has 3 heteroatoms. The number of anilines is 1. The van der Waals surface area contributed by atoms with Crippen molar-refractivity contribution in [3.8, 4) is 0 Å². The first-order chi connectivity index (χ1) is 5.65. The summed E-state index contributed by atoms with van der Waals surface area (Å²) in [6.45, 7) is 1.81. The van der Waals surface area contributed by atoms with Crippen molar-refractivity contribution in [2.24, 2.45) is 0 Å². The lowest BCUT2D eigenvalue weighted by atomic mass is 10.0. The molecule has 1 unspecified atom stereocenters. The zero-order chi connectivity index (χ0) is 9.14. The molecule has 0 aliphatic heterocycles.